The molecule has 0 radical (unpaired) electrons. The van der Waals surface area contributed by atoms with Crippen LogP contribution in [0.5, 0.6) is 0 Å². The molecule has 0 saturated heterocycles. The first-order valence-electron chi connectivity index (χ1n) is 5.01. The summed E-state index contributed by atoms with van der Waals surface area (Å²) < 4.78 is 6.58. The van der Waals surface area contributed by atoms with Crippen LogP contribution >= 0.6 is 0 Å². The lowest BCUT2D eigenvalue weighted by atomic mass is 10.2. The van der Waals surface area contributed by atoms with Gasteiger partial charge in [0, 0.05) is 0 Å². The SMILES string of the molecule is Nc1nc(Cc2ccco2)c2ncn(N)c2n1. The van der Waals surface area contributed by atoms with Crippen LogP contribution in [0.3, 0.4) is 0 Å². The Hall–Kier alpha value is -2.57. The van der Waals surface area contributed by atoms with Gasteiger partial charge in [0.15, 0.2) is 5.65 Å². The number of furan rings is 1. The molecule has 17 heavy (non-hydrogen) atoms. The molecule has 0 spiro atoms. The molecule has 0 saturated carbocycles. The average molecular weight is 230 g/mol. The van der Waals surface area contributed by atoms with E-state index in [1.807, 2.05) is 12.1 Å². The van der Waals surface area contributed by atoms with Gasteiger partial charge in [-0.15, -0.1) is 0 Å². The predicted octanol–water partition coefficient (Wildman–Crippen LogP) is 0.306. The summed E-state index contributed by atoms with van der Waals surface area (Å²) in [6.07, 6.45) is 3.59. The number of nitrogens with zero attached hydrogens (tertiary/aromatic N) is 4. The van der Waals surface area contributed by atoms with Crippen molar-refractivity contribution in [1.82, 2.24) is 19.6 Å². The minimum Gasteiger partial charge on any atom is -0.469 e. The largest absolute Gasteiger partial charge is 0.469 e. The normalized spacial score (nSPS) is 11.1. The van der Waals surface area contributed by atoms with Crippen molar-refractivity contribution in [2.24, 2.45) is 0 Å². The Morgan fingerprint density at radius 1 is 1.35 bits per heavy atom. The average Bonchev–Trinajstić information content (AvgIpc) is 2.90. The Kier molecular flexibility index (Phi) is 1.97. The quantitative estimate of drug-likeness (QED) is 0.613. The molecule has 0 fully saturated rings. The summed E-state index contributed by atoms with van der Waals surface area (Å²) in [5.74, 6) is 6.63. The van der Waals surface area contributed by atoms with E-state index in [-0.39, 0.29) is 5.95 Å². The van der Waals surface area contributed by atoms with E-state index < -0.39 is 0 Å². The highest BCUT2D eigenvalue weighted by Crippen LogP contribution is 2.17. The van der Waals surface area contributed by atoms with Crippen molar-refractivity contribution in [2.45, 2.75) is 6.42 Å². The first-order valence-corrected chi connectivity index (χ1v) is 5.01. The van der Waals surface area contributed by atoms with Crippen molar-refractivity contribution < 1.29 is 4.42 Å². The number of aromatic nitrogens is 4. The number of rotatable bonds is 2. The summed E-state index contributed by atoms with van der Waals surface area (Å²) >= 11 is 0. The highest BCUT2D eigenvalue weighted by molar-refractivity contribution is 5.75. The second-order valence-electron chi connectivity index (χ2n) is 3.61. The van der Waals surface area contributed by atoms with Crippen LogP contribution in [-0.2, 0) is 6.42 Å². The fourth-order valence-corrected chi connectivity index (χ4v) is 1.70. The minimum atomic E-state index is 0.172. The zero-order chi connectivity index (χ0) is 11.8. The van der Waals surface area contributed by atoms with Gasteiger partial charge in [0.1, 0.15) is 17.6 Å². The number of nitrogen functional groups attached to an aromatic ring is 2. The third-order valence-corrected chi connectivity index (χ3v) is 2.43. The zero-order valence-corrected chi connectivity index (χ0v) is 8.87. The summed E-state index contributed by atoms with van der Waals surface area (Å²) in [7, 11) is 0. The van der Waals surface area contributed by atoms with Crippen molar-refractivity contribution in [3.63, 3.8) is 0 Å². The molecule has 3 aromatic rings. The zero-order valence-electron chi connectivity index (χ0n) is 8.87. The minimum absolute atomic E-state index is 0.172. The van der Waals surface area contributed by atoms with Crippen molar-refractivity contribution in [1.29, 1.82) is 0 Å². The van der Waals surface area contributed by atoms with Gasteiger partial charge in [-0.25, -0.2) is 14.6 Å². The van der Waals surface area contributed by atoms with Crippen LogP contribution in [-0.4, -0.2) is 19.6 Å². The maximum atomic E-state index is 5.67. The summed E-state index contributed by atoms with van der Waals surface area (Å²) in [6.45, 7) is 0. The van der Waals surface area contributed by atoms with E-state index >= 15 is 0 Å². The molecule has 0 atom stereocenters. The highest BCUT2D eigenvalue weighted by Gasteiger charge is 2.12. The Morgan fingerprint density at radius 2 is 2.24 bits per heavy atom. The molecule has 7 nitrogen and oxygen atoms in total. The standard InChI is InChI=1S/C10H10N6O/c11-10-14-7(4-6-2-1-3-17-6)8-9(15-10)16(12)5-13-8/h1-3,5H,4,12H2,(H2,11,14,15). The molecule has 0 aromatic carbocycles. The van der Waals surface area contributed by atoms with Gasteiger partial charge < -0.3 is 16.0 Å². The molecule has 3 rings (SSSR count). The van der Waals surface area contributed by atoms with Gasteiger partial charge in [-0.05, 0) is 12.1 Å². The number of anilines is 1. The van der Waals surface area contributed by atoms with Gasteiger partial charge in [-0.3, -0.25) is 0 Å². The second kappa shape index (κ2) is 3.48. The van der Waals surface area contributed by atoms with Gasteiger partial charge >= 0.3 is 0 Å². The second-order valence-corrected chi connectivity index (χ2v) is 3.61. The lowest BCUT2D eigenvalue weighted by Crippen LogP contribution is -2.09. The van der Waals surface area contributed by atoms with Gasteiger partial charge in [0.2, 0.25) is 5.95 Å². The predicted molar refractivity (Wildman–Crippen MR) is 61.4 cm³/mol. The van der Waals surface area contributed by atoms with E-state index in [1.54, 1.807) is 6.26 Å². The maximum absolute atomic E-state index is 5.67. The summed E-state index contributed by atoms with van der Waals surface area (Å²) in [5, 5.41) is 0. The van der Waals surface area contributed by atoms with Gasteiger partial charge in [-0.2, -0.15) is 4.98 Å². The van der Waals surface area contributed by atoms with Gasteiger partial charge in [0.25, 0.3) is 0 Å². The number of imidazole rings is 1. The van der Waals surface area contributed by atoms with Crippen LogP contribution in [0, 0.1) is 0 Å². The van der Waals surface area contributed by atoms with Crippen molar-refractivity contribution >= 4 is 17.1 Å². The molecule has 0 unspecified atom stereocenters. The molecule has 4 N–H and O–H groups in total. The first-order chi connectivity index (χ1) is 8.24. The highest BCUT2D eigenvalue weighted by atomic mass is 16.3. The van der Waals surface area contributed by atoms with Crippen LogP contribution in [0.15, 0.2) is 29.1 Å². The summed E-state index contributed by atoms with van der Waals surface area (Å²) in [5.41, 5.74) is 7.48. The third-order valence-electron chi connectivity index (χ3n) is 2.43. The lowest BCUT2D eigenvalue weighted by Gasteiger charge is -2.01. The van der Waals surface area contributed by atoms with E-state index in [9.17, 15) is 0 Å². The summed E-state index contributed by atoms with van der Waals surface area (Å²) in [4.78, 5) is 12.4. The molecule has 3 aromatic heterocycles. The summed E-state index contributed by atoms with van der Waals surface area (Å²) in [6, 6.07) is 3.68. The molecule has 0 aliphatic rings. The number of fused-ring (bicyclic) bond motifs is 1. The van der Waals surface area contributed by atoms with Gasteiger partial charge in [-0.1, -0.05) is 0 Å². The molecule has 7 heteroatoms. The lowest BCUT2D eigenvalue weighted by molar-refractivity contribution is 0.519. The van der Waals surface area contributed by atoms with Crippen LogP contribution in [0.25, 0.3) is 11.2 Å². The fourth-order valence-electron chi connectivity index (χ4n) is 1.70. The molecular weight excluding hydrogens is 220 g/mol. The van der Waals surface area contributed by atoms with Gasteiger partial charge in [0.05, 0.1) is 18.4 Å². The van der Waals surface area contributed by atoms with E-state index in [0.717, 1.165) is 5.76 Å². The topological polar surface area (TPSA) is 109 Å². The molecule has 0 aliphatic heterocycles. The smallest absolute Gasteiger partial charge is 0.222 e. The van der Waals surface area contributed by atoms with Crippen LogP contribution in [0.1, 0.15) is 11.5 Å². The molecule has 0 bridgehead atoms. The van der Waals surface area contributed by atoms with Crippen molar-refractivity contribution in [3.05, 3.63) is 36.2 Å². The van der Waals surface area contributed by atoms with E-state index in [1.165, 1.54) is 11.0 Å². The number of hydrogen-bond donors (Lipinski definition) is 2. The van der Waals surface area contributed by atoms with E-state index in [0.29, 0.717) is 23.3 Å². The van der Waals surface area contributed by atoms with E-state index in [2.05, 4.69) is 15.0 Å². The molecule has 86 valence electrons. The first kappa shape index (κ1) is 9.64. The van der Waals surface area contributed by atoms with Crippen LogP contribution < -0.4 is 11.6 Å². The molecule has 0 amide bonds. The monoisotopic (exact) mass is 230 g/mol. The maximum Gasteiger partial charge on any atom is 0.222 e. The molecular formula is C10H10N6O. The molecule has 3 heterocycles. The molecule has 0 aliphatic carbocycles. The van der Waals surface area contributed by atoms with Crippen molar-refractivity contribution in [3.8, 4) is 0 Å². The Labute approximate surface area is 96.1 Å². The third kappa shape index (κ3) is 1.57. The van der Waals surface area contributed by atoms with Crippen LogP contribution in [0.2, 0.25) is 0 Å². The number of hydrogen-bond acceptors (Lipinski definition) is 6. The Morgan fingerprint density at radius 3 is 3.00 bits per heavy atom. The Bertz CT molecular complexity index is 657. The number of nitrogens with two attached hydrogens (primary N) is 2. The van der Waals surface area contributed by atoms with Crippen LogP contribution in [0.4, 0.5) is 5.95 Å². The Balaban J connectivity index is 2.15. The van der Waals surface area contributed by atoms with Crippen molar-refractivity contribution in [2.75, 3.05) is 11.6 Å². The fraction of sp³-hybridized carbons (Fsp3) is 0.100. The van der Waals surface area contributed by atoms with E-state index in [4.69, 9.17) is 16.0 Å².